The van der Waals surface area contributed by atoms with Crippen molar-refractivity contribution in [3.63, 3.8) is 0 Å². The summed E-state index contributed by atoms with van der Waals surface area (Å²) in [7, 11) is 0. The van der Waals surface area contributed by atoms with Crippen LogP contribution in [0.3, 0.4) is 0 Å². The molecule has 0 unspecified atom stereocenters. The lowest BCUT2D eigenvalue weighted by atomic mass is 10.2. The van der Waals surface area contributed by atoms with Crippen molar-refractivity contribution in [2.75, 3.05) is 5.32 Å². The number of rotatable bonds is 5. The summed E-state index contributed by atoms with van der Waals surface area (Å²) in [5.74, 6) is -1.48. The Labute approximate surface area is 119 Å². The third-order valence-corrected chi connectivity index (χ3v) is 2.76. The Balaban J connectivity index is 2.47. The first-order valence-corrected chi connectivity index (χ1v) is 6.74. The Kier molecular flexibility index (Phi) is 6.43. The number of hydrazone groups is 1. The van der Waals surface area contributed by atoms with Gasteiger partial charge in [0.05, 0.1) is 0 Å². The Morgan fingerprint density at radius 3 is 2.40 bits per heavy atom. The average Bonchev–Trinajstić information content (AvgIpc) is 2.44. The van der Waals surface area contributed by atoms with E-state index in [-0.39, 0.29) is 0 Å². The highest BCUT2D eigenvalue weighted by atomic mass is 16.2. The van der Waals surface area contributed by atoms with Crippen molar-refractivity contribution < 1.29 is 9.59 Å². The number of nitrogens with one attached hydrogen (secondary N) is 2. The molecule has 0 fully saturated rings. The lowest BCUT2D eigenvalue weighted by molar-refractivity contribution is -0.136. The molecule has 0 aliphatic carbocycles. The highest BCUT2D eigenvalue weighted by molar-refractivity contribution is 6.39. The largest absolute Gasteiger partial charge is 0.329 e. The van der Waals surface area contributed by atoms with Crippen LogP contribution >= 0.6 is 0 Å². The minimum atomic E-state index is -0.763. The first-order chi connectivity index (χ1) is 9.52. The van der Waals surface area contributed by atoms with E-state index >= 15 is 0 Å². The Bertz CT molecular complexity index is 492. The van der Waals surface area contributed by atoms with E-state index in [1.165, 1.54) is 0 Å². The maximum Gasteiger partial charge on any atom is 0.329 e. The average molecular weight is 275 g/mol. The molecule has 0 bridgehead atoms. The minimum absolute atomic E-state index is 0.586. The highest BCUT2D eigenvalue weighted by Gasteiger charge is 2.12. The fraction of sp³-hybridized carbons (Fsp3) is 0.400. The van der Waals surface area contributed by atoms with Crippen molar-refractivity contribution in [1.29, 1.82) is 0 Å². The number of hydrogen-bond acceptors (Lipinski definition) is 3. The molecule has 2 amide bonds. The second kappa shape index (κ2) is 8.09. The zero-order valence-electron chi connectivity index (χ0n) is 12.2. The molecule has 1 aromatic rings. The van der Waals surface area contributed by atoms with E-state index in [1.54, 1.807) is 12.1 Å². The number of amides is 2. The van der Waals surface area contributed by atoms with Crippen molar-refractivity contribution in [3.8, 4) is 0 Å². The van der Waals surface area contributed by atoms with E-state index < -0.39 is 11.8 Å². The third-order valence-electron chi connectivity index (χ3n) is 2.76. The van der Waals surface area contributed by atoms with Crippen LogP contribution in [0.1, 0.15) is 38.7 Å². The van der Waals surface area contributed by atoms with E-state index in [4.69, 9.17) is 0 Å². The highest BCUT2D eigenvalue weighted by Crippen LogP contribution is 2.08. The molecular weight excluding hydrogens is 254 g/mol. The summed E-state index contributed by atoms with van der Waals surface area (Å²) in [5, 5.41) is 6.41. The smallest absolute Gasteiger partial charge is 0.318 e. The topological polar surface area (TPSA) is 70.6 Å². The fourth-order valence-corrected chi connectivity index (χ4v) is 1.51. The standard InChI is InChI=1S/C15H21N3O2/c1-4-5-6-12(3)17-18-15(20)14(19)16-13-9-7-11(2)8-10-13/h7-10H,4-6H2,1-3H3,(H,16,19)(H,18,20)/b17-12+. The maximum absolute atomic E-state index is 11.6. The van der Waals surface area contributed by atoms with Gasteiger partial charge in [-0.25, -0.2) is 5.43 Å². The number of hydrogen-bond donors (Lipinski definition) is 2. The van der Waals surface area contributed by atoms with Crippen LogP contribution in [0.2, 0.25) is 0 Å². The zero-order valence-corrected chi connectivity index (χ0v) is 12.2. The summed E-state index contributed by atoms with van der Waals surface area (Å²) in [6.07, 6.45) is 2.89. The Hall–Kier alpha value is -2.17. The predicted octanol–water partition coefficient (Wildman–Crippen LogP) is 2.62. The lowest BCUT2D eigenvalue weighted by Gasteiger charge is -2.05. The molecule has 108 valence electrons. The Morgan fingerprint density at radius 2 is 1.80 bits per heavy atom. The SMILES string of the molecule is CCCC/C(C)=N/NC(=O)C(=O)Nc1ccc(C)cc1. The number of carbonyl (C=O) groups excluding carboxylic acids is 2. The molecule has 0 radical (unpaired) electrons. The first kappa shape index (κ1) is 15.9. The van der Waals surface area contributed by atoms with Crippen LogP contribution in [0, 0.1) is 6.92 Å². The van der Waals surface area contributed by atoms with Crippen molar-refractivity contribution in [2.24, 2.45) is 5.10 Å². The number of benzene rings is 1. The second-order valence-corrected chi connectivity index (χ2v) is 4.71. The van der Waals surface area contributed by atoms with Crippen LogP contribution in [0.5, 0.6) is 0 Å². The van der Waals surface area contributed by atoms with Gasteiger partial charge in [0.2, 0.25) is 0 Å². The molecule has 2 N–H and O–H groups in total. The normalized spacial score (nSPS) is 11.1. The van der Waals surface area contributed by atoms with Crippen LogP contribution in [-0.2, 0) is 9.59 Å². The molecular formula is C15H21N3O2. The molecule has 0 spiro atoms. The second-order valence-electron chi connectivity index (χ2n) is 4.71. The molecule has 1 rings (SSSR count). The van der Waals surface area contributed by atoms with E-state index in [0.717, 1.165) is 30.5 Å². The van der Waals surface area contributed by atoms with E-state index in [9.17, 15) is 9.59 Å². The lowest BCUT2D eigenvalue weighted by Crippen LogP contribution is -2.32. The van der Waals surface area contributed by atoms with Crippen LogP contribution in [0.25, 0.3) is 0 Å². The number of nitrogens with zero attached hydrogens (tertiary/aromatic N) is 1. The van der Waals surface area contributed by atoms with Crippen LogP contribution in [-0.4, -0.2) is 17.5 Å². The summed E-state index contributed by atoms with van der Waals surface area (Å²) in [5.41, 5.74) is 4.74. The van der Waals surface area contributed by atoms with E-state index in [1.807, 2.05) is 26.0 Å². The number of unbranched alkanes of at least 4 members (excludes halogenated alkanes) is 1. The summed E-state index contributed by atoms with van der Waals surface area (Å²) in [6.45, 7) is 5.86. The fourth-order valence-electron chi connectivity index (χ4n) is 1.51. The van der Waals surface area contributed by atoms with Crippen LogP contribution in [0.15, 0.2) is 29.4 Å². The van der Waals surface area contributed by atoms with Gasteiger partial charge >= 0.3 is 11.8 Å². The van der Waals surface area contributed by atoms with Crippen molar-refractivity contribution in [2.45, 2.75) is 40.0 Å². The van der Waals surface area contributed by atoms with Crippen LogP contribution < -0.4 is 10.7 Å². The molecule has 0 aliphatic rings. The monoisotopic (exact) mass is 275 g/mol. The molecule has 20 heavy (non-hydrogen) atoms. The molecule has 0 saturated carbocycles. The van der Waals surface area contributed by atoms with E-state index in [0.29, 0.717) is 5.69 Å². The van der Waals surface area contributed by atoms with Gasteiger partial charge in [0.15, 0.2) is 0 Å². The molecule has 0 aliphatic heterocycles. The molecule has 0 aromatic heterocycles. The number of carbonyl (C=O) groups is 2. The Morgan fingerprint density at radius 1 is 1.15 bits per heavy atom. The maximum atomic E-state index is 11.6. The van der Waals surface area contributed by atoms with Crippen molar-refractivity contribution in [1.82, 2.24) is 5.43 Å². The molecule has 0 heterocycles. The molecule has 5 heteroatoms. The van der Waals surface area contributed by atoms with Gasteiger partial charge in [0.25, 0.3) is 0 Å². The molecule has 0 atom stereocenters. The van der Waals surface area contributed by atoms with Gasteiger partial charge in [-0.05, 0) is 38.8 Å². The van der Waals surface area contributed by atoms with Gasteiger partial charge in [-0.2, -0.15) is 5.10 Å². The zero-order chi connectivity index (χ0) is 15.0. The quantitative estimate of drug-likeness (QED) is 0.492. The summed E-state index contributed by atoms with van der Waals surface area (Å²) in [4.78, 5) is 23.2. The molecule has 1 aromatic carbocycles. The summed E-state index contributed by atoms with van der Waals surface area (Å²) in [6, 6.07) is 7.22. The van der Waals surface area contributed by atoms with E-state index in [2.05, 4.69) is 22.8 Å². The van der Waals surface area contributed by atoms with Gasteiger partial charge in [-0.15, -0.1) is 0 Å². The third kappa shape index (κ3) is 5.65. The molecule has 5 nitrogen and oxygen atoms in total. The molecule has 0 saturated heterocycles. The van der Waals surface area contributed by atoms with Gasteiger partial charge in [0.1, 0.15) is 0 Å². The van der Waals surface area contributed by atoms with Gasteiger partial charge < -0.3 is 5.32 Å². The van der Waals surface area contributed by atoms with Gasteiger partial charge in [-0.1, -0.05) is 31.0 Å². The summed E-state index contributed by atoms with van der Waals surface area (Å²) < 4.78 is 0. The van der Waals surface area contributed by atoms with Crippen LogP contribution in [0.4, 0.5) is 5.69 Å². The first-order valence-electron chi connectivity index (χ1n) is 6.74. The summed E-state index contributed by atoms with van der Waals surface area (Å²) >= 11 is 0. The predicted molar refractivity (Wildman–Crippen MR) is 80.6 cm³/mol. The van der Waals surface area contributed by atoms with Gasteiger partial charge in [-0.3, -0.25) is 9.59 Å². The van der Waals surface area contributed by atoms with Gasteiger partial charge in [0, 0.05) is 11.4 Å². The minimum Gasteiger partial charge on any atom is -0.318 e. The van der Waals surface area contributed by atoms with Crippen molar-refractivity contribution >= 4 is 23.2 Å². The van der Waals surface area contributed by atoms with Crippen molar-refractivity contribution in [3.05, 3.63) is 29.8 Å². The number of anilines is 1. The number of aryl methyl sites for hydroxylation is 1.